The summed E-state index contributed by atoms with van der Waals surface area (Å²) in [4.78, 5) is 29.0. The average molecular weight is 635 g/mol. The fraction of sp³-hybridized carbons (Fsp3) is 0.310. The Hall–Kier alpha value is -2.88. The topological polar surface area (TPSA) is 86.8 Å². The van der Waals surface area contributed by atoms with Gasteiger partial charge in [-0.15, -0.1) is 0 Å². The molecule has 3 aromatic carbocycles. The molecular formula is C29H33BrClN3O4S. The van der Waals surface area contributed by atoms with Crippen molar-refractivity contribution in [3.05, 3.63) is 99.5 Å². The molecule has 0 aliphatic carbocycles. The summed E-state index contributed by atoms with van der Waals surface area (Å²) < 4.78 is 27.5. The van der Waals surface area contributed by atoms with Crippen molar-refractivity contribution in [3.8, 4) is 0 Å². The van der Waals surface area contributed by atoms with Crippen molar-refractivity contribution in [1.82, 2.24) is 10.2 Å². The number of nitrogens with one attached hydrogen (secondary N) is 1. The normalized spacial score (nSPS) is 12.0. The molecule has 0 bridgehead atoms. The standard InChI is InChI=1S/C29H33BrClN3O4S/c1-3-4-18-32-29(36)27(19-22-10-6-5-7-11-22)33(20-23-14-16-24(30)17-15-23)28(35)21-34(39(2,37)38)26-13-9-8-12-25(26)31/h5-17,27H,3-4,18-21H2,1-2H3,(H,32,36)/t27-/m1/s1. The molecule has 0 aliphatic rings. The van der Waals surface area contributed by atoms with E-state index in [2.05, 4.69) is 21.2 Å². The molecule has 0 fully saturated rings. The molecule has 0 aromatic heterocycles. The van der Waals surface area contributed by atoms with E-state index in [1.807, 2.05) is 61.5 Å². The predicted molar refractivity (Wildman–Crippen MR) is 160 cm³/mol. The Kier molecular flexibility index (Phi) is 11.4. The number of para-hydroxylation sites is 1. The zero-order chi connectivity index (χ0) is 28.4. The predicted octanol–water partition coefficient (Wildman–Crippen LogP) is 5.42. The first-order chi connectivity index (χ1) is 18.6. The van der Waals surface area contributed by atoms with Gasteiger partial charge in [0.2, 0.25) is 21.8 Å². The summed E-state index contributed by atoms with van der Waals surface area (Å²) in [7, 11) is -3.88. The number of halogens is 2. The number of benzene rings is 3. The highest BCUT2D eigenvalue weighted by atomic mass is 79.9. The highest BCUT2D eigenvalue weighted by Gasteiger charge is 2.33. The number of unbranched alkanes of at least 4 members (excludes halogenated alkanes) is 1. The van der Waals surface area contributed by atoms with Gasteiger partial charge in [0, 0.05) is 24.0 Å². The van der Waals surface area contributed by atoms with Crippen molar-refractivity contribution >= 4 is 55.1 Å². The van der Waals surface area contributed by atoms with E-state index in [0.29, 0.717) is 6.54 Å². The molecule has 7 nitrogen and oxygen atoms in total. The van der Waals surface area contributed by atoms with Crippen molar-refractivity contribution in [2.75, 3.05) is 23.7 Å². The molecule has 208 valence electrons. The van der Waals surface area contributed by atoms with Gasteiger partial charge >= 0.3 is 0 Å². The van der Waals surface area contributed by atoms with Crippen molar-refractivity contribution in [3.63, 3.8) is 0 Å². The minimum atomic E-state index is -3.88. The van der Waals surface area contributed by atoms with Crippen LogP contribution in [0.2, 0.25) is 5.02 Å². The SMILES string of the molecule is CCCCNC(=O)[C@@H](Cc1ccccc1)N(Cc1ccc(Br)cc1)C(=O)CN(c1ccccc1Cl)S(C)(=O)=O. The third-order valence-corrected chi connectivity index (χ3v) is 8.14. The number of carbonyl (C=O) groups is 2. The maximum Gasteiger partial charge on any atom is 0.244 e. The molecule has 0 saturated carbocycles. The first-order valence-electron chi connectivity index (χ1n) is 12.7. The first-order valence-corrected chi connectivity index (χ1v) is 15.7. The third-order valence-electron chi connectivity index (χ3n) is 6.17. The molecular weight excluding hydrogens is 602 g/mol. The van der Waals surface area contributed by atoms with Crippen LogP contribution in [0.1, 0.15) is 30.9 Å². The van der Waals surface area contributed by atoms with Crippen LogP contribution in [0.4, 0.5) is 5.69 Å². The van der Waals surface area contributed by atoms with Gasteiger partial charge in [-0.2, -0.15) is 0 Å². The molecule has 2 amide bonds. The molecule has 0 aliphatic heterocycles. The Bertz CT molecular complexity index is 1350. The van der Waals surface area contributed by atoms with Gasteiger partial charge in [-0.25, -0.2) is 8.42 Å². The summed E-state index contributed by atoms with van der Waals surface area (Å²) in [6, 6.07) is 22.5. The number of carbonyl (C=O) groups excluding carboxylic acids is 2. The summed E-state index contributed by atoms with van der Waals surface area (Å²) >= 11 is 9.75. The quantitative estimate of drug-likeness (QED) is 0.254. The Balaban J connectivity index is 2.03. The number of rotatable bonds is 13. The van der Waals surface area contributed by atoms with E-state index in [-0.39, 0.29) is 29.6 Å². The molecule has 0 saturated heterocycles. The lowest BCUT2D eigenvalue weighted by atomic mass is 10.0. The van der Waals surface area contributed by atoms with Gasteiger partial charge in [0.1, 0.15) is 12.6 Å². The third kappa shape index (κ3) is 9.08. The number of sulfonamides is 1. The minimum Gasteiger partial charge on any atom is -0.354 e. The monoisotopic (exact) mass is 633 g/mol. The second-order valence-corrected chi connectivity index (χ2v) is 12.4. The van der Waals surface area contributed by atoms with E-state index in [1.165, 1.54) is 4.90 Å². The Morgan fingerprint density at radius 2 is 1.59 bits per heavy atom. The van der Waals surface area contributed by atoms with Crippen LogP contribution in [0.3, 0.4) is 0 Å². The molecule has 3 aromatic rings. The van der Waals surface area contributed by atoms with Crippen molar-refractivity contribution in [1.29, 1.82) is 0 Å². The van der Waals surface area contributed by atoms with E-state index in [4.69, 9.17) is 11.6 Å². The first kappa shape index (κ1) is 30.7. The van der Waals surface area contributed by atoms with Crippen LogP contribution in [-0.4, -0.2) is 50.5 Å². The molecule has 0 spiro atoms. The van der Waals surface area contributed by atoms with E-state index in [0.717, 1.165) is 39.0 Å². The smallest absolute Gasteiger partial charge is 0.244 e. The summed E-state index contributed by atoms with van der Waals surface area (Å²) in [5.74, 6) is -0.809. The second-order valence-electron chi connectivity index (χ2n) is 9.22. The largest absolute Gasteiger partial charge is 0.354 e. The lowest BCUT2D eigenvalue weighted by molar-refractivity contribution is -0.140. The summed E-state index contributed by atoms with van der Waals surface area (Å²) in [5, 5.41) is 3.17. The molecule has 1 N–H and O–H groups in total. The maximum atomic E-state index is 14.0. The number of hydrogen-bond donors (Lipinski definition) is 1. The fourth-order valence-electron chi connectivity index (χ4n) is 4.10. The Morgan fingerprint density at radius 3 is 2.21 bits per heavy atom. The highest BCUT2D eigenvalue weighted by Crippen LogP contribution is 2.28. The van der Waals surface area contributed by atoms with E-state index in [1.54, 1.807) is 24.3 Å². The van der Waals surface area contributed by atoms with E-state index < -0.39 is 28.5 Å². The van der Waals surface area contributed by atoms with Crippen LogP contribution >= 0.6 is 27.5 Å². The van der Waals surface area contributed by atoms with Gasteiger partial charge < -0.3 is 10.2 Å². The average Bonchev–Trinajstić information content (AvgIpc) is 2.91. The highest BCUT2D eigenvalue weighted by molar-refractivity contribution is 9.10. The molecule has 10 heteroatoms. The molecule has 1 atom stereocenters. The Morgan fingerprint density at radius 1 is 0.949 bits per heavy atom. The van der Waals surface area contributed by atoms with Crippen molar-refractivity contribution < 1.29 is 18.0 Å². The summed E-state index contributed by atoms with van der Waals surface area (Å²) in [6.07, 6.45) is 3.01. The lowest BCUT2D eigenvalue weighted by Crippen LogP contribution is -2.53. The van der Waals surface area contributed by atoms with Crippen LogP contribution in [0.25, 0.3) is 0 Å². The maximum absolute atomic E-state index is 14.0. The molecule has 3 rings (SSSR count). The van der Waals surface area contributed by atoms with Gasteiger partial charge in [-0.05, 0) is 41.8 Å². The second kappa shape index (κ2) is 14.5. The molecule has 0 radical (unpaired) electrons. The number of hydrogen-bond acceptors (Lipinski definition) is 4. The molecule has 0 unspecified atom stereocenters. The van der Waals surface area contributed by atoms with Crippen LogP contribution in [-0.2, 0) is 32.6 Å². The zero-order valence-corrected chi connectivity index (χ0v) is 25.2. The fourth-order valence-corrected chi connectivity index (χ4v) is 5.51. The summed E-state index contributed by atoms with van der Waals surface area (Å²) in [5.41, 5.74) is 1.88. The van der Waals surface area contributed by atoms with Gasteiger partial charge in [-0.3, -0.25) is 13.9 Å². The summed E-state index contributed by atoms with van der Waals surface area (Å²) in [6.45, 7) is 2.12. The van der Waals surface area contributed by atoms with Gasteiger partial charge in [0.15, 0.2) is 0 Å². The molecule has 39 heavy (non-hydrogen) atoms. The lowest BCUT2D eigenvalue weighted by Gasteiger charge is -2.33. The Labute approximate surface area is 244 Å². The minimum absolute atomic E-state index is 0.116. The van der Waals surface area contributed by atoms with Gasteiger partial charge in [-0.1, -0.05) is 95.5 Å². The van der Waals surface area contributed by atoms with E-state index in [9.17, 15) is 18.0 Å². The van der Waals surface area contributed by atoms with Crippen LogP contribution in [0, 0.1) is 0 Å². The molecule has 0 heterocycles. The van der Waals surface area contributed by atoms with Gasteiger partial charge in [0.25, 0.3) is 0 Å². The van der Waals surface area contributed by atoms with Crippen molar-refractivity contribution in [2.24, 2.45) is 0 Å². The van der Waals surface area contributed by atoms with Gasteiger partial charge in [0.05, 0.1) is 17.0 Å². The van der Waals surface area contributed by atoms with Crippen LogP contribution < -0.4 is 9.62 Å². The van der Waals surface area contributed by atoms with Crippen LogP contribution in [0.5, 0.6) is 0 Å². The van der Waals surface area contributed by atoms with Crippen molar-refractivity contribution in [2.45, 2.75) is 38.8 Å². The van der Waals surface area contributed by atoms with Crippen LogP contribution in [0.15, 0.2) is 83.3 Å². The van der Waals surface area contributed by atoms with E-state index >= 15 is 0 Å². The zero-order valence-electron chi connectivity index (χ0n) is 22.0. The number of anilines is 1. The number of amides is 2. The number of nitrogens with zero attached hydrogens (tertiary/aromatic N) is 2.